The highest BCUT2D eigenvalue weighted by atomic mass is 35.5. The van der Waals surface area contributed by atoms with Crippen molar-refractivity contribution in [3.8, 4) is 5.75 Å². The summed E-state index contributed by atoms with van der Waals surface area (Å²) in [6.45, 7) is 4.63. The fourth-order valence-electron chi connectivity index (χ4n) is 2.62. The van der Waals surface area contributed by atoms with E-state index < -0.39 is 5.91 Å². The van der Waals surface area contributed by atoms with Crippen LogP contribution in [0.2, 0.25) is 5.02 Å². The molecular formula is C20H23ClN6O3. The van der Waals surface area contributed by atoms with Gasteiger partial charge in [0.1, 0.15) is 11.4 Å². The van der Waals surface area contributed by atoms with E-state index in [0.29, 0.717) is 28.9 Å². The molecule has 2 N–H and O–H groups in total. The smallest absolute Gasteiger partial charge is 0.276 e. The molecule has 0 aliphatic heterocycles. The van der Waals surface area contributed by atoms with Gasteiger partial charge in [0.2, 0.25) is 0 Å². The number of anilines is 1. The molecule has 1 aromatic carbocycles. The minimum absolute atomic E-state index is 0.114. The lowest BCUT2D eigenvalue weighted by Gasteiger charge is -2.10. The van der Waals surface area contributed by atoms with Crippen molar-refractivity contribution in [2.24, 2.45) is 13.0 Å². The third-order valence-corrected chi connectivity index (χ3v) is 4.34. The lowest BCUT2D eigenvalue weighted by molar-refractivity contribution is 0.0940. The Morgan fingerprint density at radius 2 is 2.03 bits per heavy atom. The molecule has 0 saturated carbocycles. The quantitative estimate of drug-likeness (QED) is 0.572. The molecule has 0 bridgehead atoms. The van der Waals surface area contributed by atoms with Crippen LogP contribution in [-0.2, 0) is 13.8 Å². The van der Waals surface area contributed by atoms with Crippen LogP contribution >= 0.6 is 11.6 Å². The van der Waals surface area contributed by atoms with Gasteiger partial charge in [0.15, 0.2) is 12.4 Å². The summed E-state index contributed by atoms with van der Waals surface area (Å²) in [7, 11) is 1.64. The Morgan fingerprint density at radius 3 is 2.77 bits per heavy atom. The van der Waals surface area contributed by atoms with Crippen LogP contribution in [0.4, 0.5) is 5.69 Å². The fraction of sp³-hybridized carbons (Fsp3) is 0.300. The van der Waals surface area contributed by atoms with Crippen molar-refractivity contribution in [3.63, 3.8) is 0 Å². The van der Waals surface area contributed by atoms with Crippen LogP contribution in [0.1, 0.15) is 34.8 Å². The number of ether oxygens (including phenoxy) is 1. The van der Waals surface area contributed by atoms with Gasteiger partial charge >= 0.3 is 0 Å². The average molecular weight is 431 g/mol. The van der Waals surface area contributed by atoms with Crippen LogP contribution in [0.25, 0.3) is 0 Å². The number of hydrogen-bond donors (Lipinski definition) is 2. The number of carbonyl (C=O) groups excluding carboxylic acids is 2. The molecule has 2 aromatic heterocycles. The minimum Gasteiger partial charge on any atom is -0.471 e. The highest BCUT2D eigenvalue weighted by Gasteiger charge is 2.20. The van der Waals surface area contributed by atoms with Gasteiger partial charge in [-0.3, -0.25) is 14.3 Å². The topological polar surface area (TPSA) is 103 Å². The van der Waals surface area contributed by atoms with Gasteiger partial charge in [-0.1, -0.05) is 31.5 Å². The number of carbonyl (C=O) groups is 2. The van der Waals surface area contributed by atoms with E-state index in [1.54, 1.807) is 43.6 Å². The summed E-state index contributed by atoms with van der Waals surface area (Å²) in [5, 5.41) is 14.4. The Labute approximate surface area is 179 Å². The van der Waals surface area contributed by atoms with Crippen molar-refractivity contribution in [1.29, 1.82) is 0 Å². The molecule has 0 atom stereocenters. The lowest BCUT2D eigenvalue weighted by atomic mass is 10.2. The molecule has 30 heavy (non-hydrogen) atoms. The Hall–Kier alpha value is -3.33. The van der Waals surface area contributed by atoms with Crippen molar-refractivity contribution in [1.82, 2.24) is 24.9 Å². The van der Waals surface area contributed by atoms with E-state index in [1.165, 1.54) is 15.6 Å². The Kier molecular flexibility index (Phi) is 6.73. The van der Waals surface area contributed by atoms with Crippen LogP contribution in [0.3, 0.4) is 0 Å². The molecular weight excluding hydrogens is 408 g/mol. The van der Waals surface area contributed by atoms with Gasteiger partial charge in [-0.25, -0.2) is 4.68 Å². The number of hydrogen-bond acceptors (Lipinski definition) is 5. The first kappa shape index (κ1) is 21.4. The normalized spacial score (nSPS) is 10.8. The number of nitrogens with zero attached hydrogens (tertiary/aromatic N) is 4. The number of halogens is 1. The molecule has 0 aliphatic carbocycles. The first-order valence-electron chi connectivity index (χ1n) is 9.37. The summed E-state index contributed by atoms with van der Waals surface area (Å²) in [5.74, 6) is 0.136. The summed E-state index contributed by atoms with van der Waals surface area (Å²) in [4.78, 5) is 25.0. The standard InChI is InChI=1S/C20H23ClN6O3/c1-13(2)10-22-20(29)18-17(11-23-26(18)3)24-19(28)16-7-8-27(25-16)12-30-15-6-4-5-14(21)9-15/h4-9,11,13H,10,12H2,1-3H3,(H,22,29)(H,24,28). The molecule has 2 amide bonds. The molecule has 0 unspecified atom stereocenters. The number of amides is 2. The SMILES string of the molecule is CC(C)CNC(=O)c1c(NC(=O)c2ccn(COc3cccc(Cl)c3)n2)cnn1C. The van der Waals surface area contributed by atoms with Gasteiger partial charge in [-0.2, -0.15) is 10.2 Å². The maximum atomic E-state index is 12.6. The van der Waals surface area contributed by atoms with E-state index in [1.807, 2.05) is 13.8 Å². The van der Waals surface area contributed by atoms with Gasteiger partial charge < -0.3 is 15.4 Å². The average Bonchev–Trinajstić information content (AvgIpc) is 3.31. The fourth-order valence-corrected chi connectivity index (χ4v) is 2.80. The molecule has 0 aliphatic rings. The van der Waals surface area contributed by atoms with E-state index in [9.17, 15) is 9.59 Å². The first-order valence-corrected chi connectivity index (χ1v) is 9.74. The van der Waals surface area contributed by atoms with Crippen molar-refractivity contribution in [3.05, 3.63) is 59.1 Å². The van der Waals surface area contributed by atoms with Crippen molar-refractivity contribution in [2.45, 2.75) is 20.6 Å². The molecule has 9 nitrogen and oxygen atoms in total. The second-order valence-corrected chi connectivity index (χ2v) is 7.50. The van der Waals surface area contributed by atoms with Gasteiger partial charge in [0.05, 0.1) is 11.9 Å². The Balaban J connectivity index is 1.64. The molecule has 0 spiro atoms. The number of rotatable bonds is 8. The summed E-state index contributed by atoms with van der Waals surface area (Å²) in [5.41, 5.74) is 0.767. The zero-order valence-corrected chi connectivity index (χ0v) is 17.7. The predicted octanol–water partition coefficient (Wildman–Crippen LogP) is 2.94. The van der Waals surface area contributed by atoms with E-state index in [0.717, 1.165) is 0 Å². The van der Waals surface area contributed by atoms with Crippen LogP contribution < -0.4 is 15.4 Å². The largest absolute Gasteiger partial charge is 0.471 e. The second kappa shape index (κ2) is 9.45. The van der Waals surface area contributed by atoms with Crippen LogP contribution in [-0.4, -0.2) is 37.9 Å². The molecule has 2 heterocycles. The van der Waals surface area contributed by atoms with Crippen LogP contribution in [0, 0.1) is 5.92 Å². The summed E-state index contributed by atoms with van der Waals surface area (Å²) < 4.78 is 8.50. The third kappa shape index (κ3) is 5.38. The predicted molar refractivity (Wildman–Crippen MR) is 113 cm³/mol. The molecule has 0 radical (unpaired) electrons. The summed E-state index contributed by atoms with van der Waals surface area (Å²) in [6.07, 6.45) is 3.06. The van der Waals surface area contributed by atoms with Gasteiger partial charge in [-0.15, -0.1) is 0 Å². The van der Waals surface area contributed by atoms with Crippen molar-refractivity contribution < 1.29 is 14.3 Å². The molecule has 158 valence electrons. The van der Waals surface area contributed by atoms with Crippen LogP contribution in [0.5, 0.6) is 5.75 Å². The maximum absolute atomic E-state index is 12.6. The number of nitrogens with one attached hydrogen (secondary N) is 2. The number of benzene rings is 1. The van der Waals surface area contributed by atoms with Crippen molar-refractivity contribution in [2.75, 3.05) is 11.9 Å². The Morgan fingerprint density at radius 1 is 1.23 bits per heavy atom. The van der Waals surface area contributed by atoms with Crippen molar-refractivity contribution >= 4 is 29.1 Å². The first-order chi connectivity index (χ1) is 14.3. The molecule has 0 saturated heterocycles. The van der Waals surface area contributed by atoms with E-state index in [2.05, 4.69) is 20.8 Å². The van der Waals surface area contributed by atoms with Gasteiger partial charge in [0, 0.05) is 24.8 Å². The zero-order chi connectivity index (χ0) is 21.7. The Bertz CT molecular complexity index is 1040. The number of aromatic nitrogens is 4. The maximum Gasteiger partial charge on any atom is 0.276 e. The highest BCUT2D eigenvalue weighted by molar-refractivity contribution is 6.30. The molecule has 3 rings (SSSR count). The third-order valence-electron chi connectivity index (χ3n) is 4.11. The number of aryl methyl sites for hydroxylation is 1. The molecule has 0 fully saturated rings. The lowest BCUT2D eigenvalue weighted by Crippen LogP contribution is -2.30. The van der Waals surface area contributed by atoms with Crippen LogP contribution in [0.15, 0.2) is 42.7 Å². The van der Waals surface area contributed by atoms with Gasteiger partial charge in [0.25, 0.3) is 11.8 Å². The highest BCUT2D eigenvalue weighted by Crippen LogP contribution is 2.18. The van der Waals surface area contributed by atoms with E-state index >= 15 is 0 Å². The zero-order valence-electron chi connectivity index (χ0n) is 16.9. The summed E-state index contributed by atoms with van der Waals surface area (Å²) >= 11 is 5.93. The van der Waals surface area contributed by atoms with Gasteiger partial charge in [-0.05, 0) is 30.2 Å². The monoisotopic (exact) mass is 430 g/mol. The molecule has 3 aromatic rings. The van der Waals surface area contributed by atoms with E-state index in [4.69, 9.17) is 16.3 Å². The summed E-state index contributed by atoms with van der Waals surface area (Å²) in [6, 6.07) is 8.55. The second-order valence-electron chi connectivity index (χ2n) is 7.06. The van der Waals surface area contributed by atoms with E-state index in [-0.39, 0.29) is 24.0 Å². The minimum atomic E-state index is -0.456. The molecule has 10 heteroatoms.